The summed E-state index contributed by atoms with van der Waals surface area (Å²) in [6.07, 6.45) is 7.54. The fraction of sp³-hybridized carbons (Fsp3) is 1.00. The lowest BCUT2D eigenvalue weighted by Gasteiger charge is -2.11. The highest BCUT2D eigenvalue weighted by Crippen LogP contribution is 2.09. The Morgan fingerprint density at radius 3 is 2.65 bits per heavy atom. The zero-order valence-electron chi connectivity index (χ0n) is 11.5. The van der Waals surface area contributed by atoms with Crippen LogP contribution < -0.4 is 10.6 Å². The van der Waals surface area contributed by atoms with E-state index in [0.29, 0.717) is 6.04 Å². The highest BCUT2D eigenvalue weighted by atomic mass is 16.3. The average Bonchev–Trinajstić information content (AvgIpc) is 2.68. The van der Waals surface area contributed by atoms with E-state index in [1.54, 1.807) is 0 Å². The second-order valence-corrected chi connectivity index (χ2v) is 5.80. The molecule has 3 heteroatoms. The molecule has 102 valence electrons. The number of hydrogen-bond acceptors (Lipinski definition) is 3. The van der Waals surface area contributed by atoms with E-state index in [4.69, 9.17) is 0 Å². The molecule has 0 radical (unpaired) electrons. The second kappa shape index (κ2) is 8.90. The van der Waals surface area contributed by atoms with Crippen molar-refractivity contribution in [1.82, 2.24) is 10.6 Å². The van der Waals surface area contributed by atoms with Crippen LogP contribution in [0.15, 0.2) is 0 Å². The van der Waals surface area contributed by atoms with Crippen LogP contribution in [0.25, 0.3) is 0 Å². The predicted molar refractivity (Wildman–Crippen MR) is 73.2 cm³/mol. The van der Waals surface area contributed by atoms with E-state index in [1.165, 1.54) is 32.1 Å². The van der Waals surface area contributed by atoms with Gasteiger partial charge < -0.3 is 15.7 Å². The molecular formula is C14H30N2O. The Morgan fingerprint density at radius 2 is 2.00 bits per heavy atom. The standard InChI is InChI=1S/C14H30N2O/c1-12(2)7-5-3-4-6-8-15-10-13-9-14(17)11-16-13/h12-17H,3-11H2,1-2H3. The molecule has 0 bridgehead atoms. The maximum Gasteiger partial charge on any atom is 0.0680 e. The van der Waals surface area contributed by atoms with E-state index >= 15 is 0 Å². The Hall–Kier alpha value is -0.120. The van der Waals surface area contributed by atoms with Gasteiger partial charge in [0.05, 0.1) is 6.10 Å². The Kier molecular flexibility index (Phi) is 7.82. The van der Waals surface area contributed by atoms with Crippen LogP contribution in [-0.2, 0) is 0 Å². The van der Waals surface area contributed by atoms with E-state index in [0.717, 1.165) is 32.0 Å². The first-order chi connectivity index (χ1) is 8.18. The lowest BCUT2D eigenvalue weighted by Crippen LogP contribution is -2.34. The maximum atomic E-state index is 9.35. The van der Waals surface area contributed by atoms with Crippen molar-refractivity contribution < 1.29 is 5.11 Å². The molecule has 1 aliphatic rings. The molecule has 0 spiro atoms. The van der Waals surface area contributed by atoms with Crippen molar-refractivity contribution >= 4 is 0 Å². The van der Waals surface area contributed by atoms with Gasteiger partial charge in [0.25, 0.3) is 0 Å². The van der Waals surface area contributed by atoms with Gasteiger partial charge in [-0.3, -0.25) is 0 Å². The average molecular weight is 242 g/mol. The fourth-order valence-electron chi connectivity index (χ4n) is 2.39. The highest BCUT2D eigenvalue weighted by molar-refractivity contribution is 4.82. The molecule has 3 nitrogen and oxygen atoms in total. The Labute approximate surface area is 106 Å². The van der Waals surface area contributed by atoms with Crippen LogP contribution in [-0.4, -0.2) is 36.9 Å². The van der Waals surface area contributed by atoms with Crippen LogP contribution in [0.2, 0.25) is 0 Å². The predicted octanol–water partition coefficient (Wildman–Crippen LogP) is 1.91. The summed E-state index contributed by atoms with van der Waals surface area (Å²) in [6, 6.07) is 0.478. The summed E-state index contributed by atoms with van der Waals surface area (Å²) in [6.45, 7) is 7.48. The first-order valence-electron chi connectivity index (χ1n) is 7.30. The molecular weight excluding hydrogens is 212 g/mol. The smallest absolute Gasteiger partial charge is 0.0680 e. The van der Waals surface area contributed by atoms with Gasteiger partial charge in [0.1, 0.15) is 0 Å². The SMILES string of the molecule is CC(C)CCCCCCNCC1CC(O)CN1. The van der Waals surface area contributed by atoms with Crippen LogP contribution in [0.1, 0.15) is 52.4 Å². The van der Waals surface area contributed by atoms with Gasteiger partial charge in [0.2, 0.25) is 0 Å². The number of nitrogens with one attached hydrogen (secondary N) is 2. The molecule has 0 aliphatic carbocycles. The number of β-amino-alcohol motifs (C(OH)–C–C–N with tert-alkyl or cyclic N) is 1. The molecule has 0 amide bonds. The number of unbranched alkanes of at least 4 members (excludes halogenated alkanes) is 3. The second-order valence-electron chi connectivity index (χ2n) is 5.80. The third-order valence-electron chi connectivity index (χ3n) is 3.47. The third kappa shape index (κ3) is 7.74. The molecule has 1 heterocycles. The van der Waals surface area contributed by atoms with Gasteiger partial charge in [-0.25, -0.2) is 0 Å². The van der Waals surface area contributed by atoms with Crippen molar-refractivity contribution in [3.8, 4) is 0 Å². The van der Waals surface area contributed by atoms with Gasteiger partial charge in [0, 0.05) is 19.1 Å². The molecule has 3 N–H and O–H groups in total. The molecule has 1 saturated heterocycles. The summed E-state index contributed by atoms with van der Waals surface area (Å²) in [5, 5.41) is 16.1. The number of hydrogen-bond donors (Lipinski definition) is 3. The quantitative estimate of drug-likeness (QED) is 0.541. The molecule has 17 heavy (non-hydrogen) atoms. The molecule has 2 unspecified atom stereocenters. The van der Waals surface area contributed by atoms with Gasteiger partial charge in [-0.1, -0.05) is 39.5 Å². The van der Waals surface area contributed by atoms with E-state index in [-0.39, 0.29) is 6.10 Å². The van der Waals surface area contributed by atoms with Crippen molar-refractivity contribution in [1.29, 1.82) is 0 Å². The minimum Gasteiger partial charge on any atom is -0.392 e. The molecule has 1 fully saturated rings. The molecule has 1 aliphatic heterocycles. The van der Waals surface area contributed by atoms with Crippen molar-refractivity contribution in [2.45, 2.75) is 64.5 Å². The molecule has 0 saturated carbocycles. The number of aliphatic hydroxyl groups is 1. The van der Waals surface area contributed by atoms with Gasteiger partial charge in [-0.2, -0.15) is 0 Å². The molecule has 0 aromatic carbocycles. The summed E-state index contributed by atoms with van der Waals surface area (Å²) in [4.78, 5) is 0. The molecule has 0 aromatic heterocycles. The van der Waals surface area contributed by atoms with E-state index in [2.05, 4.69) is 24.5 Å². The minimum atomic E-state index is -0.127. The monoisotopic (exact) mass is 242 g/mol. The summed E-state index contributed by atoms with van der Waals surface area (Å²) in [5.41, 5.74) is 0. The highest BCUT2D eigenvalue weighted by Gasteiger charge is 2.20. The molecule has 1 rings (SSSR count). The van der Waals surface area contributed by atoms with Gasteiger partial charge in [0.15, 0.2) is 0 Å². The van der Waals surface area contributed by atoms with Crippen molar-refractivity contribution in [3.63, 3.8) is 0 Å². The topological polar surface area (TPSA) is 44.3 Å². The van der Waals surface area contributed by atoms with Crippen LogP contribution in [0, 0.1) is 5.92 Å². The molecule has 2 atom stereocenters. The Bertz CT molecular complexity index is 185. The number of rotatable bonds is 9. The zero-order valence-corrected chi connectivity index (χ0v) is 11.5. The normalized spacial score (nSPS) is 24.7. The minimum absolute atomic E-state index is 0.127. The van der Waals surface area contributed by atoms with Gasteiger partial charge in [-0.05, 0) is 25.3 Å². The Morgan fingerprint density at radius 1 is 1.24 bits per heavy atom. The van der Waals surface area contributed by atoms with Crippen molar-refractivity contribution in [2.75, 3.05) is 19.6 Å². The van der Waals surface area contributed by atoms with Gasteiger partial charge in [-0.15, -0.1) is 0 Å². The van der Waals surface area contributed by atoms with Gasteiger partial charge >= 0.3 is 0 Å². The van der Waals surface area contributed by atoms with Crippen LogP contribution >= 0.6 is 0 Å². The first kappa shape index (κ1) is 14.9. The molecule has 0 aromatic rings. The summed E-state index contributed by atoms with van der Waals surface area (Å²) in [7, 11) is 0. The maximum absolute atomic E-state index is 9.35. The third-order valence-corrected chi connectivity index (χ3v) is 3.47. The first-order valence-corrected chi connectivity index (χ1v) is 7.30. The number of aliphatic hydroxyl groups excluding tert-OH is 1. The van der Waals surface area contributed by atoms with Crippen LogP contribution in [0.4, 0.5) is 0 Å². The lowest BCUT2D eigenvalue weighted by atomic mass is 10.0. The summed E-state index contributed by atoms with van der Waals surface area (Å²) in [5.74, 6) is 0.855. The van der Waals surface area contributed by atoms with Crippen LogP contribution in [0.5, 0.6) is 0 Å². The zero-order chi connectivity index (χ0) is 12.5. The van der Waals surface area contributed by atoms with E-state index in [9.17, 15) is 5.11 Å². The van der Waals surface area contributed by atoms with Crippen LogP contribution in [0.3, 0.4) is 0 Å². The van der Waals surface area contributed by atoms with E-state index < -0.39 is 0 Å². The van der Waals surface area contributed by atoms with Crippen molar-refractivity contribution in [3.05, 3.63) is 0 Å². The fourth-order valence-corrected chi connectivity index (χ4v) is 2.39. The summed E-state index contributed by atoms with van der Waals surface area (Å²) < 4.78 is 0. The lowest BCUT2D eigenvalue weighted by molar-refractivity contribution is 0.193. The van der Waals surface area contributed by atoms with E-state index in [1.807, 2.05) is 0 Å². The largest absolute Gasteiger partial charge is 0.392 e. The summed E-state index contributed by atoms with van der Waals surface area (Å²) >= 11 is 0. The van der Waals surface area contributed by atoms with Crippen molar-refractivity contribution in [2.24, 2.45) is 5.92 Å². The Balaban J connectivity index is 1.78.